The first-order valence-corrected chi connectivity index (χ1v) is 11.0. The molecule has 184 valence electrons. The lowest BCUT2D eigenvalue weighted by Crippen LogP contribution is -2.14. The van der Waals surface area contributed by atoms with Gasteiger partial charge in [0.25, 0.3) is 5.56 Å². The Labute approximate surface area is 202 Å². The SMILES string of the molecule is CCC(c1ccc(C(F)(F)F)nc1)n1cc(-c2cc(-c3ccn(C)c(=O)c3)c3nc(N)nn3c2)cn1. The first kappa shape index (κ1) is 23.3. The molecule has 5 aromatic heterocycles. The average molecular weight is 494 g/mol. The van der Waals surface area contributed by atoms with E-state index < -0.39 is 11.9 Å². The number of anilines is 1. The summed E-state index contributed by atoms with van der Waals surface area (Å²) in [5.74, 6) is 0.0915. The van der Waals surface area contributed by atoms with Gasteiger partial charge in [-0.3, -0.25) is 14.5 Å². The fourth-order valence-corrected chi connectivity index (χ4v) is 4.09. The second-order valence-corrected chi connectivity index (χ2v) is 8.35. The molecule has 0 saturated heterocycles. The Bertz CT molecular complexity index is 1620. The molecule has 12 heteroatoms. The predicted octanol–water partition coefficient (Wildman–Crippen LogP) is 3.95. The van der Waals surface area contributed by atoms with Gasteiger partial charge in [0.2, 0.25) is 5.95 Å². The molecule has 0 aliphatic heterocycles. The molecule has 0 amide bonds. The van der Waals surface area contributed by atoms with Gasteiger partial charge in [-0.15, -0.1) is 5.10 Å². The number of fused-ring (bicyclic) bond motifs is 1. The van der Waals surface area contributed by atoms with Crippen molar-refractivity contribution in [2.75, 3.05) is 5.73 Å². The van der Waals surface area contributed by atoms with Crippen LogP contribution in [0.3, 0.4) is 0 Å². The third kappa shape index (κ3) is 4.21. The van der Waals surface area contributed by atoms with Crippen LogP contribution in [0.4, 0.5) is 19.1 Å². The van der Waals surface area contributed by atoms with Crippen LogP contribution in [0, 0.1) is 0 Å². The van der Waals surface area contributed by atoms with E-state index in [0.29, 0.717) is 28.8 Å². The van der Waals surface area contributed by atoms with E-state index in [1.165, 1.54) is 22.9 Å². The predicted molar refractivity (Wildman–Crippen MR) is 127 cm³/mol. The van der Waals surface area contributed by atoms with Crippen LogP contribution in [-0.4, -0.2) is 33.9 Å². The molecule has 36 heavy (non-hydrogen) atoms. The van der Waals surface area contributed by atoms with E-state index in [-0.39, 0.29) is 17.5 Å². The van der Waals surface area contributed by atoms with Crippen LogP contribution >= 0.6 is 0 Å². The first-order chi connectivity index (χ1) is 17.1. The Kier molecular flexibility index (Phi) is 5.58. The largest absolute Gasteiger partial charge is 0.433 e. The van der Waals surface area contributed by atoms with E-state index in [1.807, 2.05) is 13.0 Å². The maximum Gasteiger partial charge on any atom is 0.433 e. The summed E-state index contributed by atoms with van der Waals surface area (Å²) < 4.78 is 43.4. The summed E-state index contributed by atoms with van der Waals surface area (Å²) in [4.78, 5) is 20.1. The molecule has 0 saturated carbocycles. The summed E-state index contributed by atoms with van der Waals surface area (Å²) >= 11 is 0. The van der Waals surface area contributed by atoms with Crippen molar-refractivity contribution >= 4 is 11.6 Å². The monoisotopic (exact) mass is 494 g/mol. The van der Waals surface area contributed by atoms with Gasteiger partial charge in [0.1, 0.15) is 5.69 Å². The molecule has 0 aromatic carbocycles. The summed E-state index contributed by atoms with van der Waals surface area (Å²) in [5.41, 5.74) is 8.66. The van der Waals surface area contributed by atoms with Crippen molar-refractivity contribution in [2.24, 2.45) is 7.05 Å². The Balaban J connectivity index is 1.55. The Morgan fingerprint density at radius 2 is 1.86 bits per heavy atom. The molecule has 0 fully saturated rings. The van der Waals surface area contributed by atoms with E-state index in [0.717, 1.165) is 17.2 Å². The van der Waals surface area contributed by atoms with Gasteiger partial charge in [-0.1, -0.05) is 13.0 Å². The lowest BCUT2D eigenvalue weighted by Gasteiger charge is -2.16. The first-order valence-electron chi connectivity index (χ1n) is 11.0. The second-order valence-electron chi connectivity index (χ2n) is 8.35. The van der Waals surface area contributed by atoms with E-state index >= 15 is 0 Å². The molecular formula is C24H21F3N8O. The number of nitrogen functional groups attached to an aromatic ring is 1. The highest BCUT2D eigenvalue weighted by molar-refractivity contribution is 5.82. The summed E-state index contributed by atoms with van der Waals surface area (Å²) in [6, 6.07) is 7.28. The molecule has 0 spiro atoms. The van der Waals surface area contributed by atoms with Crippen LogP contribution in [0.15, 0.2) is 66.1 Å². The molecule has 0 aliphatic carbocycles. The van der Waals surface area contributed by atoms with Gasteiger partial charge in [-0.05, 0) is 35.7 Å². The van der Waals surface area contributed by atoms with Crippen LogP contribution in [0.25, 0.3) is 27.9 Å². The normalized spacial score (nSPS) is 12.8. The van der Waals surface area contributed by atoms with E-state index in [2.05, 4.69) is 20.2 Å². The van der Waals surface area contributed by atoms with Crippen LogP contribution in [0.5, 0.6) is 0 Å². The molecule has 5 heterocycles. The van der Waals surface area contributed by atoms with Crippen molar-refractivity contribution < 1.29 is 13.2 Å². The highest BCUT2D eigenvalue weighted by atomic mass is 19.4. The number of halogens is 3. The zero-order chi connectivity index (χ0) is 25.6. The topological polar surface area (TPSA) is 109 Å². The molecule has 0 radical (unpaired) electrons. The molecule has 0 bridgehead atoms. The van der Waals surface area contributed by atoms with Gasteiger partial charge in [0.15, 0.2) is 5.65 Å². The average Bonchev–Trinajstić information content (AvgIpc) is 3.47. The minimum atomic E-state index is -4.50. The maximum absolute atomic E-state index is 12.9. The Hall–Kier alpha value is -4.48. The van der Waals surface area contributed by atoms with Crippen molar-refractivity contribution in [3.05, 3.63) is 82.9 Å². The fourth-order valence-electron chi connectivity index (χ4n) is 4.09. The maximum atomic E-state index is 12.9. The second kappa shape index (κ2) is 8.63. The van der Waals surface area contributed by atoms with Crippen molar-refractivity contribution in [1.82, 2.24) is 33.9 Å². The van der Waals surface area contributed by atoms with Gasteiger partial charge in [-0.2, -0.15) is 23.3 Å². The van der Waals surface area contributed by atoms with Gasteiger partial charge in [0, 0.05) is 54.6 Å². The molecule has 5 aromatic rings. The summed E-state index contributed by atoms with van der Waals surface area (Å²) in [7, 11) is 1.66. The highest BCUT2D eigenvalue weighted by Gasteiger charge is 2.32. The highest BCUT2D eigenvalue weighted by Crippen LogP contribution is 2.32. The van der Waals surface area contributed by atoms with Crippen molar-refractivity contribution in [2.45, 2.75) is 25.6 Å². The standard InChI is InChI=1S/C24H21F3N8O/c1-3-19(15-4-5-20(29-10-15)24(25,26)27)34-13-17(11-30-34)16-8-18(14-6-7-33(2)21(36)9-14)22-31-23(28)32-35(22)12-16/h4-13,19H,3H2,1-2H3,(H2,28,32). The van der Waals surface area contributed by atoms with Gasteiger partial charge in [-0.25, -0.2) is 4.52 Å². The van der Waals surface area contributed by atoms with E-state index in [1.54, 1.807) is 47.1 Å². The molecule has 5 rings (SSSR count). The zero-order valence-corrected chi connectivity index (χ0v) is 19.3. The quantitative estimate of drug-likeness (QED) is 0.396. The molecule has 1 unspecified atom stereocenters. The number of aromatic nitrogens is 7. The van der Waals surface area contributed by atoms with Crippen LogP contribution in [0.2, 0.25) is 0 Å². The van der Waals surface area contributed by atoms with Gasteiger partial charge in [0.05, 0.1) is 12.2 Å². The fraction of sp³-hybridized carbons (Fsp3) is 0.208. The number of aryl methyl sites for hydroxylation is 1. The zero-order valence-electron chi connectivity index (χ0n) is 19.3. The van der Waals surface area contributed by atoms with E-state index in [4.69, 9.17) is 5.73 Å². The van der Waals surface area contributed by atoms with Crippen LogP contribution in [-0.2, 0) is 13.2 Å². The molecule has 2 N–H and O–H groups in total. The number of rotatable bonds is 5. The van der Waals surface area contributed by atoms with Gasteiger partial charge < -0.3 is 10.3 Å². The smallest absolute Gasteiger partial charge is 0.366 e. The van der Waals surface area contributed by atoms with Crippen molar-refractivity contribution in [1.29, 1.82) is 0 Å². The van der Waals surface area contributed by atoms with Crippen LogP contribution < -0.4 is 11.3 Å². The summed E-state index contributed by atoms with van der Waals surface area (Å²) in [6.45, 7) is 1.92. The summed E-state index contributed by atoms with van der Waals surface area (Å²) in [5, 5.41) is 8.70. The third-order valence-corrected chi connectivity index (χ3v) is 5.97. The van der Waals surface area contributed by atoms with E-state index in [9.17, 15) is 18.0 Å². The minimum Gasteiger partial charge on any atom is -0.366 e. The third-order valence-electron chi connectivity index (χ3n) is 5.97. The number of hydrogen-bond donors (Lipinski definition) is 1. The van der Waals surface area contributed by atoms with Crippen LogP contribution in [0.1, 0.15) is 30.6 Å². The summed E-state index contributed by atoms with van der Waals surface area (Å²) in [6.07, 6.45) is 4.22. The molecule has 9 nitrogen and oxygen atoms in total. The minimum absolute atomic E-state index is 0.0915. The number of nitrogens with zero attached hydrogens (tertiary/aromatic N) is 7. The number of hydrogen-bond acceptors (Lipinski definition) is 6. The molecular weight excluding hydrogens is 473 g/mol. The number of nitrogens with two attached hydrogens (primary N) is 1. The Morgan fingerprint density at radius 3 is 2.53 bits per heavy atom. The molecule has 1 atom stereocenters. The lowest BCUT2D eigenvalue weighted by atomic mass is 10.0. The van der Waals surface area contributed by atoms with Crippen molar-refractivity contribution in [3.63, 3.8) is 0 Å². The number of alkyl halides is 3. The molecule has 0 aliphatic rings. The lowest BCUT2D eigenvalue weighted by molar-refractivity contribution is -0.141. The number of pyridine rings is 3. The Morgan fingerprint density at radius 1 is 1.06 bits per heavy atom. The van der Waals surface area contributed by atoms with Gasteiger partial charge >= 0.3 is 6.18 Å². The van der Waals surface area contributed by atoms with Crippen molar-refractivity contribution in [3.8, 4) is 22.3 Å².